The molecule has 0 heterocycles. The van der Waals surface area contributed by atoms with Gasteiger partial charge in [-0.15, -0.1) is 0 Å². The standard InChI is InChI=1S/C9H21N3/c10-6-8(11)9(12)7-4-2-1-3-5-7/h7-9H,1-6,10-12H2. The Morgan fingerprint density at radius 3 is 2.17 bits per heavy atom. The van der Waals surface area contributed by atoms with Gasteiger partial charge in [-0.05, 0) is 18.8 Å². The fourth-order valence-electron chi connectivity index (χ4n) is 2.03. The summed E-state index contributed by atoms with van der Waals surface area (Å²) >= 11 is 0. The lowest BCUT2D eigenvalue weighted by molar-refractivity contribution is 0.279. The van der Waals surface area contributed by atoms with Crippen molar-refractivity contribution in [2.24, 2.45) is 23.1 Å². The van der Waals surface area contributed by atoms with Gasteiger partial charge in [-0.3, -0.25) is 0 Å². The van der Waals surface area contributed by atoms with E-state index < -0.39 is 0 Å². The fourth-order valence-corrected chi connectivity index (χ4v) is 2.03. The van der Waals surface area contributed by atoms with Gasteiger partial charge in [0.25, 0.3) is 0 Å². The summed E-state index contributed by atoms with van der Waals surface area (Å²) in [4.78, 5) is 0. The van der Waals surface area contributed by atoms with E-state index in [9.17, 15) is 0 Å². The van der Waals surface area contributed by atoms with E-state index in [-0.39, 0.29) is 12.1 Å². The number of hydrogen-bond donors (Lipinski definition) is 3. The molecule has 0 amide bonds. The molecule has 0 aromatic heterocycles. The summed E-state index contributed by atoms with van der Waals surface area (Å²) in [6, 6.07) is 0.114. The zero-order valence-electron chi connectivity index (χ0n) is 7.71. The van der Waals surface area contributed by atoms with Crippen LogP contribution in [-0.2, 0) is 0 Å². The summed E-state index contributed by atoms with van der Waals surface area (Å²) in [6.07, 6.45) is 6.48. The summed E-state index contributed by atoms with van der Waals surface area (Å²) in [6.45, 7) is 0.512. The van der Waals surface area contributed by atoms with Crippen molar-refractivity contribution < 1.29 is 0 Å². The second kappa shape index (κ2) is 4.80. The Hall–Kier alpha value is -0.120. The molecule has 1 aliphatic rings. The monoisotopic (exact) mass is 171 g/mol. The molecular weight excluding hydrogens is 150 g/mol. The Kier molecular flexibility index (Phi) is 3.98. The van der Waals surface area contributed by atoms with E-state index in [2.05, 4.69) is 0 Å². The molecule has 2 unspecified atom stereocenters. The van der Waals surface area contributed by atoms with Crippen LogP contribution in [0, 0.1) is 5.92 Å². The summed E-state index contributed by atoms with van der Waals surface area (Å²) in [7, 11) is 0. The third-order valence-corrected chi connectivity index (χ3v) is 2.96. The number of hydrogen-bond acceptors (Lipinski definition) is 3. The van der Waals surface area contributed by atoms with Crippen LogP contribution < -0.4 is 17.2 Å². The molecule has 0 aromatic rings. The van der Waals surface area contributed by atoms with Crippen molar-refractivity contribution in [1.82, 2.24) is 0 Å². The molecule has 2 atom stereocenters. The molecule has 1 aliphatic carbocycles. The van der Waals surface area contributed by atoms with Crippen molar-refractivity contribution in [2.75, 3.05) is 6.54 Å². The predicted octanol–water partition coefficient (Wildman–Crippen LogP) is 0.180. The molecule has 12 heavy (non-hydrogen) atoms. The topological polar surface area (TPSA) is 78.1 Å². The quantitative estimate of drug-likeness (QED) is 0.567. The maximum absolute atomic E-state index is 6.00. The van der Waals surface area contributed by atoms with Gasteiger partial charge < -0.3 is 17.2 Å². The minimum absolute atomic E-state index is 0.00639. The lowest BCUT2D eigenvalue weighted by atomic mass is 9.82. The average Bonchev–Trinajstić information content (AvgIpc) is 2.17. The highest BCUT2D eigenvalue weighted by Gasteiger charge is 2.24. The van der Waals surface area contributed by atoms with Gasteiger partial charge in [-0.1, -0.05) is 19.3 Å². The van der Waals surface area contributed by atoms with Gasteiger partial charge in [0.1, 0.15) is 0 Å². The third kappa shape index (κ3) is 2.44. The lowest BCUT2D eigenvalue weighted by Gasteiger charge is -2.30. The summed E-state index contributed by atoms with van der Waals surface area (Å²) in [5, 5.41) is 0. The van der Waals surface area contributed by atoms with Crippen molar-refractivity contribution in [1.29, 1.82) is 0 Å². The smallest absolute Gasteiger partial charge is 0.0319 e. The van der Waals surface area contributed by atoms with Crippen molar-refractivity contribution in [3.63, 3.8) is 0 Å². The van der Waals surface area contributed by atoms with Crippen LogP contribution in [0.4, 0.5) is 0 Å². The van der Waals surface area contributed by atoms with Crippen LogP contribution in [0.1, 0.15) is 32.1 Å². The molecule has 3 nitrogen and oxygen atoms in total. The molecule has 6 N–H and O–H groups in total. The van der Waals surface area contributed by atoms with Gasteiger partial charge >= 0.3 is 0 Å². The summed E-state index contributed by atoms with van der Waals surface area (Å²) in [5.41, 5.74) is 17.3. The maximum Gasteiger partial charge on any atom is 0.0319 e. The van der Waals surface area contributed by atoms with Crippen LogP contribution in [0.5, 0.6) is 0 Å². The highest BCUT2D eigenvalue weighted by Crippen LogP contribution is 2.26. The Morgan fingerprint density at radius 1 is 1.08 bits per heavy atom. The molecular formula is C9H21N3. The molecule has 0 radical (unpaired) electrons. The highest BCUT2D eigenvalue weighted by molar-refractivity contribution is 4.84. The van der Waals surface area contributed by atoms with E-state index in [0.29, 0.717) is 12.5 Å². The largest absolute Gasteiger partial charge is 0.329 e. The third-order valence-electron chi connectivity index (χ3n) is 2.96. The van der Waals surface area contributed by atoms with E-state index in [1.165, 1.54) is 32.1 Å². The van der Waals surface area contributed by atoms with E-state index in [0.717, 1.165) is 0 Å². The van der Waals surface area contributed by atoms with Gasteiger partial charge in [-0.2, -0.15) is 0 Å². The van der Waals surface area contributed by atoms with Gasteiger partial charge in [0.15, 0.2) is 0 Å². The zero-order chi connectivity index (χ0) is 8.97. The van der Waals surface area contributed by atoms with Crippen LogP contribution in [0.15, 0.2) is 0 Å². The van der Waals surface area contributed by atoms with Crippen molar-refractivity contribution in [3.8, 4) is 0 Å². The molecule has 1 saturated carbocycles. The first kappa shape index (κ1) is 9.96. The molecule has 0 spiro atoms. The lowest BCUT2D eigenvalue weighted by Crippen LogP contribution is -2.50. The molecule has 0 aliphatic heterocycles. The molecule has 3 heteroatoms. The van der Waals surface area contributed by atoms with Crippen molar-refractivity contribution in [2.45, 2.75) is 44.2 Å². The SMILES string of the molecule is NCC(N)C(N)C1CCCCC1. The van der Waals surface area contributed by atoms with E-state index in [1.807, 2.05) is 0 Å². The highest BCUT2D eigenvalue weighted by atomic mass is 14.8. The molecule has 1 fully saturated rings. The van der Waals surface area contributed by atoms with Crippen molar-refractivity contribution in [3.05, 3.63) is 0 Å². The van der Waals surface area contributed by atoms with Gasteiger partial charge in [0.2, 0.25) is 0 Å². The summed E-state index contributed by atoms with van der Waals surface area (Å²) in [5.74, 6) is 0.622. The minimum Gasteiger partial charge on any atom is -0.329 e. The fraction of sp³-hybridized carbons (Fsp3) is 1.00. The van der Waals surface area contributed by atoms with Crippen molar-refractivity contribution >= 4 is 0 Å². The normalized spacial score (nSPS) is 25.2. The van der Waals surface area contributed by atoms with Crippen LogP contribution >= 0.6 is 0 Å². The van der Waals surface area contributed by atoms with Crippen LogP contribution in [0.25, 0.3) is 0 Å². The predicted molar refractivity (Wildman–Crippen MR) is 51.6 cm³/mol. The molecule has 0 saturated heterocycles. The van der Waals surface area contributed by atoms with E-state index in [1.54, 1.807) is 0 Å². The number of rotatable bonds is 3. The van der Waals surface area contributed by atoms with Crippen LogP contribution in [-0.4, -0.2) is 18.6 Å². The Bertz CT molecular complexity index is 121. The van der Waals surface area contributed by atoms with Gasteiger partial charge in [-0.25, -0.2) is 0 Å². The van der Waals surface area contributed by atoms with Crippen LogP contribution in [0.3, 0.4) is 0 Å². The maximum atomic E-state index is 6.00. The second-order valence-electron chi connectivity index (χ2n) is 3.87. The Morgan fingerprint density at radius 2 is 1.67 bits per heavy atom. The Labute approximate surface area is 74.7 Å². The van der Waals surface area contributed by atoms with Gasteiger partial charge in [0.05, 0.1) is 0 Å². The molecule has 1 rings (SSSR count). The first-order chi connectivity index (χ1) is 5.75. The first-order valence-corrected chi connectivity index (χ1v) is 4.97. The van der Waals surface area contributed by atoms with Crippen LogP contribution in [0.2, 0.25) is 0 Å². The van der Waals surface area contributed by atoms with Gasteiger partial charge in [0, 0.05) is 18.6 Å². The van der Waals surface area contributed by atoms with E-state index >= 15 is 0 Å². The number of nitrogens with two attached hydrogens (primary N) is 3. The molecule has 72 valence electrons. The average molecular weight is 171 g/mol. The minimum atomic E-state index is -0.00639. The second-order valence-corrected chi connectivity index (χ2v) is 3.87. The molecule has 0 aromatic carbocycles. The summed E-state index contributed by atoms with van der Waals surface area (Å²) < 4.78 is 0. The Balaban J connectivity index is 2.33. The molecule has 0 bridgehead atoms. The zero-order valence-corrected chi connectivity index (χ0v) is 7.71. The van der Waals surface area contributed by atoms with E-state index in [4.69, 9.17) is 17.2 Å². The first-order valence-electron chi connectivity index (χ1n) is 4.97.